The summed E-state index contributed by atoms with van der Waals surface area (Å²) >= 11 is 9.02. The van der Waals surface area contributed by atoms with E-state index in [-0.39, 0.29) is 5.56 Å². The number of carbonyl (C=O) groups excluding carboxylic acids is 1. The van der Waals surface area contributed by atoms with Crippen LogP contribution in [0.15, 0.2) is 40.9 Å². The van der Waals surface area contributed by atoms with Crippen molar-refractivity contribution in [1.29, 1.82) is 0 Å². The monoisotopic (exact) mass is 372 g/mol. The van der Waals surface area contributed by atoms with Crippen LogP contribution in [0.3, 0.4) is 0 Å². The van der Waals surface area contributed by atoms with Crippen LogP contribution >= 0.6 is 27.5 Å². The van der Waals surface area contributed by atoms with E-state index in [4.69, 9.17) is 11.6 Å². The number of amides is 1. The van der Waals surface area contributed by atoms with Gasteiger partial charge in [0.05, 0.1) is 10.6 Å². The number of nitro groups is 1. The van der Waals surface area contributed by atoms with E-state index in [9.17, 15) is 19.3 Å². The van der Waals surface area contributed by atoms with Crippen molar-refractivity contribution in [2.45, 2.75) is 0 Å². The molecule has 0 radical (unpaired) electrons. The number of hydrogen-bond acceptors (Lipinski definition) is 3. The van der Waals surface area contributed by atoms with Crippen molar-refractivity contribution in [3.05, 3.63) is 67.4 Å². The second-order valence-electron chi connectivity index (χ2n) is 4.00. The van der Waals surface area contributed by atoms with Crippen LogP contribution in [-0.2, 0) is 0 Å². The lowest BCUT2D eigenvalue weighted by Crippen LogP contribution is -2.14. The second kappa shape index (κ2) is 6.19. The van der Waals surface area contributed by atoms with Crippen LogP contribution < -0.4 is 5.32 Å². The van der Waals surface area contributed by atoms with Crippen LogP contribution in [0.25, 0.3) is 0 Å². The summed E-state index contributed by atoms with van der Waals surface area (Å²) in [5.74, 6) is -1.54. The molecule has 0 aliphatic rings. The fourth-order valence-electron chi connectivity index (χ4n) is 1.63. The largest absolute Gasteiger partial charge is 0.321 e. The first kappa shape index (κ1) is 15.4. The normalized spacial score (nSPS) is 10.2. The van der Waals surface area contributed by atoms with Gasteiger partial charge in [-0.1, -0.05) is 11.6 Å². The maximum atomic E-state index is 13.2. The van der Waals surface area contributed by atoms with Gasteiger partial charge in [-0.25, -0.2) is 4.39 Å². The molecule has 0 aliphatic heterocycles. The highest BCUT2D eigenvalue weighted by atomic mass is 79.9. The number of nitrogens with zero attached hydrogens (tertiary/aromatic N) is 1. The number of halogens is 3. The predicted molar refractivity (Wildman–Crippen MR) is 80.2 cm³/mol. The lowest BCUT2D eigenvalue weighted by molar-refractivity contribution is -0.385. The molecule has 8 heteroatoms. The first-order valence-corrected chi connectivity index (χ1v) is 6.76. The standard InChI is InChI=1S/C13H7BrClFN2O3/c14-10-3-1-7(15)5-11(10)17-13(19)9-6-8(16)2-4-12(9)18(20)21/h1-6H,(H,17,19). The molecule has 1 amide bonds. The highest BCUT2D eigenvalue weighted by molar-refractivity contribution is 9.10. The van der Waals surface area contributed by atoms with Crippen molar-refractivity contribution < 1.29 is 14.1 Å². The third-order valence-electron chi connectivity index (χ3n) is 2.58. The van der Waals surface area contributed by atoms with Crippen LogP contribution in [0.2, 0.25) is 5.02 Å². The fraction of sp³-hybridized carbons (Fsp3) is 0. The summed E-state index contributed by atoms with van der Waals surface area (Å²) in [6, 6.07) is 7.35. The number of rotatable bonds is 3. The molecule has 0 spiro atoms. The van der Waals surface area contributed by atoms with Crippen molar-refractivity contribution >= 4 is 44.8 Å². The molecule has 0 heterocycles. The van der Waals surface area contributed by atoms with E-state index in [0.717, 1.165) is 18.2 Å². The van der Waals surface area contributed by atoms with E-state index in [1.807, 2.05) is 0 Å². The Morgan fingerprint density at radius 2 is 2.00 bits per heavy atom. The molecular formula is C13H7BrClFN2O3. The van der Waals surface area contributed by atoms with E-state index in [2.05, 4.69) is 21.2 Å². The van der Waals surface area contributed by atoms with Crippen LogP contribution in [0.1, 0.15) is 10.4 Å². The van der Waals surface area contributed by atoms with Crippen LogP contribution in [0.5, 0.6) is 0 Å². The zero-order valence-electron chi connectivity index (χ0n) is 10.3. The van der Waals surface area contributed by atoms with Gasteiger partial charge in [0.25, 0.3) is 11.6 Å². The first-order valence-electron chi connectivity index (χ1n) is 5.59. The highest BCUT2D eigenvalue weighted by Gasteiger charge is 2.21. The molecule has 0 fully saturated rings. The van der Waals surface area contributed by atoms with Gasteiger partial charge >= 0.3 is 0 Å². The Bertz CT molecular complexity index is 739. The molecular weight excluding hydrogens is 367 g/mol. The molecule has 0 saturated carbocycles. The average molecular weight is 374 g/mol. The number of benzene rings is 2. The minimum atomic E-state index is -0.802. The summed E-state index contributed by atoms with van der Waals surface area (Å²) in [7, 11) is 0. The summed E-state index contributed by atoms with van der Waals surface area (Å²) in [6.45, 7) is 0. The summed E-state index contributed by atoms with van der Waals surface area (Å²) < 4.78 is 13.8. The van der Waals surface area contributed by atoms with E-state index >= 15 is 0 Å². The summed E-state index contributed by atoms with van der Waals surface area (Å²) in [4.78, 5) is 22.2. The molecule has 2 aromatic carbocycles. The molecule has 1 N–H and O–H groups in total. The maximum Gasteiger partial charge on any atom is 0.282 e. The Morgan fingerprint density at radius 1 is 1.29 bits per heavy atom. The quantitative estimate of drug-likeness (QED) is 0.640. The molecule has 2 aromatic rings. The summed E-state index contributed by atoms with van der Waals surface area (Å²) in [5.41, 5.74) is -0.523. The Kier molecular flexibility index (Phi) is 4.54. The Morgan fingerprint density at radius 3 is 2.67 bits per heavy atom. The average Bonchev–Trinajstić information content (AvgIpc) is 2.42. The van der Waals surface area contributed by atoms with Gasteiger partial charge < -0.3 is 5.32 Å². The van der Waals surface area contributed by atoms with Crippen molar-refractivity contribution in [3.8, 4) is 0 Å². The van der Waals surface area contributed by atoms with E-state index in [1.54, 1.807) is 12.1 Å². The van der Waals surface area contributed by atoms with Crippen molar-refractivity contribution in [2.24, 2.45) is 0 Å². The minimum Gasteiger partial charge on any atom is -0.321 e. The van der Waals surface area contributed by atoms with Gasteiger partial charge in [-0.2, -0.15) is 0 Å². The number of hydrogen-bond donors (Lipinski definition) is 1. The second-order valence-corrected chi connectivity index (χ2v) is 5.29. The molecule has 0 aromatic heterocycles. The predicted octanol–water partition coefficient (Wildman–Crippen LogP) is 4.40. The van der Waals surface area contributed by atoms with Crippen LogP contribution in [0, 0.1) is 15.9 Å². The van der Waals surface area contributed by atoms with E-state index < -0.39 is 22.3 Å². The van der Waals surface area contributed by atoms with Gasteiger partial charge in [-0.05, 0) is 46.3 Å². The fourth-order valence-corrected chi connectivity index (χ4v) is 2.15. The maximum absolute atomic E-state index is 13.2. The lowest BCUT2D eigenvalue weighted by Gasteiger charge is -2.08. The zero-order valence-corrected chi connectivity index (χ0v) is 12.6. The Balaban J connectivity index is 2.39. The summed E-state index contributed by atoms with van der Waals surface area (Å²) in [5, 5.41) is 13.7. The lowest BCUT2D eigenvalue weighted by atomic mass is 10.1. The molecule has 0 aliphatic carbocycles. The van der Waals surface area contributed by atoms with Gasteiger partial charge in [-0.15, -0.1) is 0 Å². The van der Waals surface area contributed by atoms with E-state index in [0.29, 0.717) is 15.2 Å². The number of nitro benzene ring substituents is 1. The topological polar surface area (TPSA) is 72.2 Å². The van der Waals surface area contributed by atoms with E-state index in [1.165, 1.54) is 6.07 Å². The van der Waals surface area contributed by atoms with Crippen LogP contribution in [-0.4, -0.2) is 10.8 Å². The molecule has 0 bridgehead atoms. The first-order chi connectivity index (χ1) is 9.88. The van der Waals surface area contributed by atoms with Crippen molar-refractivity contribution in [3.63, 3.8) is 0 Å². The number of anilines is 1. The highest BCUT2D eigenvalue weighted by Crippen LogP contribution is 2.27. The Labute approximate surface area is 132 Å². The van der Waals surface area contributed by atoms with Crippen molar-refractivity contribution in [1.82, 2.24) is 0 Å². The number of nitrogens with one attached hydrogen (secondary N) is 1. The molecule has 0 unspecified atom stereocenters. The minimum absolute atomic E-state index is 0.325. The van der Waals surface area contributed by atoms with Gasteiger partial charge in [0.2, 0.25) is 0 Å². The third-order valence-corrected chi connectivity index (χ3v) is 3.50. The number of carbonyl (C=O) groups is 1. The molecule has 0 saturated heterocycles. The molecule has 0 atom stereocenters. The Hall–Kier alpha value is -1.99. The van der Waals surface area contributed by atoms with Gasteiger partial charge in [0, 0.05) is 15.6 Å². The van der Waals surface area contributed by atoms with Crippen molar-refractivity contribution in [2.75, 3.05) is 5.32 Å². The van der Waals surface area contributed by atoms with Crippen LogP contribution in [0.4, 0.5) is 15.8 Å². The molecule has 5 nitrogen and oxygen atoms in total. The molecule has 2 rings (SSSR count). The van der Waals surface area contributed by atoms with Gasteiger partial charge in [-0.3, -0.25) is 14.9 Å². The molecule has 108 valence electrons. The third kappa shape index (κ3) is 3.56. The van der Waals surface area contributed by atoms with Gasteiger partial charge in [0.1, 0.15) is 11.4 Å². The summed E-state index contributed by atoms with van der Waals surface area (Å²) in [6.07, 6.45) is 0. The SMILES string of the molecule is O=C(Nc1cc(Cl)ccc1Br)c1cc(F)ccc1[N+](=O)[O-]. The zero-order chi connectivity index (χ0) is 15.6. The molecule has 21 heavy (non-hydrogen) atoms. The smallest absolute Gasteiger partial charge is 0.282 e. The van der Waals surface area contributed by atoms with Gasteiger partial charge in [0.15, 0.2) is 0 Å².